The van der Waals surface area contributed by atoms with Gasteiger partial charge in [0.25, 0.3) is 0 Å². The molecule has 0 bridgehead atoms. The van der Waals surface area contributed by atoms with Crippen LogP contribution in [0.15, 0.2) is 5.11 Å². The summed E-state index contributed by atoms with van der Waals surface area (Å²) in [4.78, 5) is 2.84. The fourth-order valence-electron chi connectivity index (χ4n) is 1.68. The minimum absolute atomic E-state index is 0.0729. The zero-order chi connectivity index (χ0) is 8.81. The van der Waals surface area contributed by atoms with Gasteiger partial charge in [-0.25, -0.2) is 0 Å². The van der Waals surface area contributed by atoms with E-state index in [1.54, 1.807) is 0 Å². The number of azide groups is 1. The van der Waals surface area contributed by atoms with Crippen LogP contribution < -0.4 is 0 Å². The van der Waals surface area contributed by atoms with Crippen LogP contribution in [-0.2, 0) is 4.74 Å². The monoisotopic (exact) mass is 169 g/mol. The SMILES string of the molecule is CCO[C@H]1CCCC[C@@H]1N=[N+]=[N-]. The highest BCUT2D eigenvalue weighted by Crippen LogP contribution is 2.23. The van der Waals surface area contributed by atoms with Crippen LogP contribution in [0.3, 0.4) is 0 Å². The Morgan fingerprint density at radius 1 is 1.50 bits per heavy atom. The number of hydrogen-bond donors (Lipinski definition) is 0. The molecular weight excluding hydrogens is 154 g/mol. The topological polar surface area (TPSA) is 58.0 Å². The lowest BCUT2D eigenvalue weighted by atomic mass is 9.93. The van der Waals surface area contributed by atoms with Crippen LogP contribution in [0, 0.1) is 0 Å². The molecule has 1 rings (SSSR count). The van der Waals surface area contributed by atoms with Crippen molar-refractivity contribution in [3.8, 4) is 0 Å². The lowest BCUT2D eigenvalue weighted by Crippen LogP contribution is -2.30. The molecule has 0 aliphatic heterocycles. The van der Waals surface area contributed by atoms with Gasteiger partial charge < -0.3 is 4.74 Å². The van der Waals surface area contributed by atoms with Crippen LogP contribution in [-0.4, -0.2) is 18.8 Å². The zero-order valence-corrected chi connectivity index (χ0v) is 7.44. The molecule has 4 nitrogen and oxygen atoms in total. The molecule has 68 valence electrons. The van der Waals surface area contributed by atoms with Crippen LogP contribution in [0.5, 0.6) is 0 Å². The van der Waals surface area contributed by atoms with Gasteiger partial charge in [-0.1, -0.05) is 18.0 Å². The molecule has 0 aromatic heterocycles. The van der Waals surface area contributed by atoms with Gasteiger partial charge in [0.15, 0.2) is 0 Å². The summed E-state index contributed by atoms with van der Waals surface area (Å²) in [6, 6.07) is 0.0729. The van der Waals surface area contributed by atoms with E-state index in [4.69, 9.17) is 10.3 Å². The van der Waals surface area contributed by atoms with Crippen molar-refractivity contribution in [2.45, 2.75) is 44.8 Å². The van der Waals surface area contributed by atoms with E-state index >= 15 is 0 Å². The summed E-state index contributed by atoms with van der Waals surface area (Å²) in [6.07, 6.45) is 4.54. The Balaban J connectivity index is 2.47. The predicted molar refractivity (Wildman–Crippen MR) is 46.8 cm³/mol. The summed E-state index contributed by atoms with van der Waals surface area (Å²) in [5.74, 6) is 0. The first kappa shape index (κ1) is 9.36. The predicted octanol–water partition coefficient (Wildman–Crippen LogP) is 2.64. The van der Waals surface area contributed by atoms with Crippen LogP contribution in [0.1, 0.15) is 32.6 Å². The van der Waals surface area contributed by atoms with Crippen molar-refractivity contribution in [2.75, 3.05) is 6.61 Å². The maximum atomic E-state index is 8.31. The molecule has 4 heteroatoms. The zero-order valence-electron chi connectivity index (χ0n) is 7.44. The van der Waals surface area contributed by atoms with Crippen molar-refractivity contribution in [3.63, 3.8) is 0 Å². The average Bonchev–Trinajstić information content (AvgIpc) is 2.09. The van der Waals surface area contributed by atoms with E-state index in [0.717, 1.165) is 19.3 Å². The molecule has 0 N–H and O–H groups in total. The van der Waals surface area contributed by atoms with Crippen LogP contribution in [0.25, 0.3) is 10.4 Å². The summed E-state index contributed by atoms with van der Waals surface area (Å²) in [7, 11) is 0. The Morgan fingerprint density at radius 2 is 2.25 bits per heavy atom. The van der Waals surface area contributed by atoms with Crippen molar-refractivity contribution in [3.05, 3.63) is 10.4 Å². The van der Waals surface area contributed by atoms with Gasteiger partial charge in [-0.15, -0.1) is 0 Å². The summed E-state index contributed by atoms with van der Waals surface area (Å²) < 4.78 is 5.48. The van der Waals surface area contributed by atoms with Gasteiger partial charge in [0.2, 0.25) is 0 Å². The fourth-order valence-corrected chi connectivity index (χ4v) is 1.68. The minimum Gasteiger partial charge on any atom is -0.378 e. The normalized spacial score (nSPS) is 29.4. The van der Waals surface area contributed by atoms with E-state index in [0.29, 0.717) is 6.61 Å². The Kier molecular flexibility index (Phi) is 3.91. The summed E-state index contributed by atoms with van der Waals surface area (Å²) in [5.41, 5.74) is 8.31. The molecule has 0 saturated heterocycles. The number of nitrogens with zero attached hydrogens (tertiary/aromatic N) is 3. The Labute approximate surface area is 72.5 Å². The third-order valence-corrected chi connectivity index (χ3v) is 2.25. The molecule has 1 aliphatic carbocycles. The van der Waals surface area contributed by atoms with Crippen molar-refractivity contribution < 1.29 is 4.74 Å². The Bertz CT molecular complexity index is 175. The average molecular weight is 169 g/mol. The van der Waals surface area contributed by atoms with E-state index in [1.165, 1.54) is 6.42 Å². The second kappa shape index (κ2) is 5.01. The molecule has 0 spiro atoms. The number of ether oxygens (including phenoxy) is 1. The van der Waals surface area contributed by atoms with E-state index < -0.39 is 0 Å². The minimum atomic E-state index is 0.0729. The molecule has 2 atom stereocenters. The van der Waals surface area contributed by atoms with E-state index in [2.05, 4.69) is 10.0 Å². The van der Waals surface area contributed by atoms with E-state index in [9.17, 15) is 0 Å². The van der Waals surface area contributed by atoms with Crippen LogP contribution in [0.2, 0.25) is 0 Å². The van der Waals surface area contributed by atoms with Crippen molar-refractivity contribution >= 4 is 0 Å². The van der Waals surface area contributed by atoms with Gasteiger partial charge in [-0.05, 0) is 25.3 Å². The molecular formula is C8H15N3O. The highest BCUT2D eigenvalue weighted by Gasteiger charge is 2.23. The highest BCUT2D eigenvalue weighted by molar-refractivity contribution is 4.81. The third-order valence-electron chi connectivity index (χ3n) is 2.25. The standard InChI is InChI=1S/C8H15N3O/c1-2-12-8-6-4-3-5-7(8)10-11-9/h7-8H,2-6H2,1H3/t7-,8-/m0/s1. The summed E-state index contributed by atoms with van der Waals surface area (Å²) >= 11 is 0. The van der Waals surface area contributed by atoms with Crippen LogP contribution >= 0.6 is 0 Å². The van der Waals surface area contributed by atoms with E-state index in [-0.39, 0.29) is 12.1 Å². The largest absolute Gasteiger partial charge is 0.378 e. The van der Waals surface area contributed by atoms with Gasteiger partial charge in [-0.2, -0.15) is 0 Å². The maximum absolute atomic E-state index is 8.31. The molecule has 1 fully saturated rings. The van der Waals surface area contributed by atoms with Gasteiger partial charge >= 0.3 is 0 Å². The Morgan fingerprint density at radius 3 is 2.92 bits per heavy atom. The first-order valence-corrected chi connectivity index (χ1v) is 4.54. The third kappa shape index (κ3) is 2.40. The molecule has 12 heavy (non-hydrogen) atoms. The molecule has 0 radical (unpaired) electrons. The molecule has 1 saturated carbocycles. The first-order valence-electron chi connectivity index (χ1n) is 4.54. The number of rotatable bonds is 3. The van der Waals surface area contributed by atoms with Crippen molar-refractivity contribution in [1.82, 2.24) is 0 Å². The Hall–Kier alpha value is -0.730. The van der Waals surface area contributed by atoms with Crippen molar-refractivity contribution in [2.24, 2.45) is 5.11 Å². The second-order valence-electron chi connectivity index (χ2n) is 3.05. The molecule has 0 unspecified atom stereocenters. The van der Waals surface area contributed by atoms with Gasteiger partial charge in [0.05, 0.1) is 12.1 Å². The summed E-state index contributed by atoms with van der Waals surface area (Å²) in [6.45, 7) is 2.68. The quantitative estimate of drug-likeness (QED) is 0.364. The van der Waals surface area contributed by atoms with Gasteiger partial charge in [0.1, 0.15) is 0 Å². The molecule has 0 amide bonds. The van der Waals surface area contributed by atoms with E-state index in [1.807, 2.05) is 6.92 Å². The highest BCUT2D eigenvalue weighted by atomic mass is 16.5. The molecule has 0 aromatic carbocycles. The van der Waals surface area contributed by atoms with Gasteiger partial charge in [0, 0.05) is 11.5 Å². The molecule has 0 heterocycles. The van der Waals surface area contributed by atoms with Crippen LogP contribution in [0.4, 0.5) is 0 Å². The second-order valence-corrected chi connectivity index (χ2v) is 3.05. The smallest absolute Gasteiger partial charge is 0.0659 e. The first-order chi connectivity index (χ1) is 5.88. The van der Waals surface area contributed by atoms with Crippen molar-refractivity contribution in [1.29, 1.82) is 0 Å². The number of hydrogen-bond acceptors (Lipinski definition) is 2. The van der Waals surface area contributed by atoms with Gasteiger partial charge in [-0.3, -0.25) is 0 Å². The maximum Gasteiger partial charge on any atom is 0.0659 e. The lowest BCUT2D eigenvalue weighted by molar-refractivity contribution is 0.0230. The summed E-state index contributed by atoms with van der Waals surface area (Å²) in [5, 5.41) is 3.74. The molecule has 1 aliphatic rings. The lowest BCUT2D eigenvalue weighted by Gasteiger charge is -2.27. The fraction of sp³-hybridized carbons (Fsp3) is 1.00. The molecule has 0 aromatic rings.